The summed E-state index contributed by atoms with van der Waals surface area (Å²) in [6, 6.07) is 13.1. The molecular formula is C29H36N4O3. The fourth-order valence-electron chi connectivity index (χ4n) is 6.96. The molecule has 4 saturated carbocycles. The number of hydrogen-bond acceptors (Lipinski definition) is 4. The summed E-state index contributed by atoms with van der Waals surface area (Å²) in [5, 5.41) is 6.25. The molecule has 0 unspecified atom stereocenters. The molecule has 36 heavy (non-hydrogen) atoms. The van der Waals surface area contributed by atoms with Gasteiger partial charge in [0.1, 0.15) is 0 Å². The minimum atomic E-state index is -0.390. The van der Waals surface area contributed by atoms with E-state index in [-0.39, 0.29) is 29.7 Å². The van der Waals surface area contributed by atoms with Crippen LogP contribution in [0.25, 0.3) is 0 Å². The van der Waals surface area contributed by atoms with Crippen LogP contribution in [-0.4, -0.2) is 24.3 Å². The minimum Gasteiger partial charge on any atom is -0.376 e. The lowest BCUT2D eigenvalue weighted by Gasteiger charge is -2.55. The summed E-state index contributed by atoms with van der Waals surface area (Å²) in [5.41, 5.74) is 9.23. The molecule has 4 N–H and O–H groups in total. The number of carbonyl (C=O) groups excluding carboxylic acids is 3. The van der Waals surface area contributed by atoms with E-state index in [1.165, 1.54) is 19.3 Å². The maximum Gasteiger partial charge on any atom is 0.269 e. The Morgan fingerprint density at radius 2 is 1.50 bits per heavy atom. The maximum atomic E-state index is 13.2. The van der Waals surface area contributed by atoms with Crippen molar-refractivity contribution in [2.45, 2.75) is 58.9 Å². The van der Waals surface area contributed by atoms with Crippen molar-refractivity contribution >= 4 is 23.4 Å². The number of hydrogen-bond donors (Lipinski definition) is 4. The lowest BCUT2D eigenvalue weighted by Crippen LogP contribution is -2.53. The molecule has 2 aromatic carbocycles. The van der Waals surface area contributed by atoms with Crippen molar-refractivity contribution in [2.75, 3.05) is 11.9 Å². The summed E-state index contributed by atoms with van der Waals surface area (Å²) in [6.07, 6.45) is 7.11. The fourth-order valence-corrected chi connectivity index (χ4v) is 6.96. The molecule has 6 rings (SSSR count). The standard InChI is InChI=1S/C29H36N4O3/c1-18-3-8-25(19(2)9-18)30-17-26(34)32-33-27(35)24-6-4-20(5-7-24)16-31-28(36)29-13-21-10-22(14-29)12-23(11-21)15-29/h3-9,21-23,30H,10-17H2,1-2H3,(H,31,36)(H,32,34)(H,33,35). The van der Waals surface area contributed by atoms with Crippen molar-refractivity contribution in [3.63, 3.8) is 0 Å². The van der Waals surface area contributed by atoms with Crippen LogP contribution in [0.5, 0.6) is 0 Å². The van der Waals surface area contributed by atoms with Gasteiger partial charge in [0.2, 0.25) is 5.91 Å². The van der Waals surface area contributed by atoms with Crippen LogP contribution >= 0.6 is 0 Å². The zero-order valence-corrected chi connectivity index (χ0v) is 21.2. The highest BCUT2D eigenvalue weighted by Gasteiger charge is 2.54. The summed E-state index contributed by atoms with van der Waals surface area (Å²) in [7, 11) is 0. The SMILES string of the molecule is Cc1ccc(NCC(=O)NNC(=O)c2ccc(CNC(=O)C34CC5CC(CC(C5)C3)C4)cc2)c(C)c1. The number of carbonyl (C=O) groups is 3. The number of amides is 3. The average molecular weight is 489 g/mol. The Morgan fingerprint density at radius 1 is 0.861 bits per heavy atom. The zero-order chi connectivity index (χ0) is 25.3. The second kappa shape index (κ2) is 9.96. The van der Waals surface area contributed by atoms with Gasteiger partial charge in [-0.1, -0.05) is 29.8 Å². The Bertz CT molecular complexity index is 1120. The third-order valence-electron chi connectivity index (χ3n) is 8.33. The molecule has 0 aromatic heterocycles. The molecule has 2 aromatic rings. The largest absolute Gasteiger partial charge is 0.376 e. The van der Waals surface area contributed by atoms with Crippen molar-refractivity contribution in [3.05, 3.63) is 64.7 Å². The van der Waals surface area contributed by atoms with Gasteiger partial charge in [-0.2, -0.15) is 0 Å². The van der Waals surface area contributed by atoms with E-state index in [2.05, 4.69) is 21.5 Å². The molecule has 4 aliphatic rings. The minimum absolute atomic E-state index is 0.0482. The molecule has 3 amide bonds. The van der Waals surface area contributed by atoms with Gasteiger partial charge in [-0.05, 0) is 99.5 Å². The highest BCUT2D eigenvalue weighted by molar-refractivity contribution is 5.95. The highest BCUT2D eigenvalue weighted by atomic mass is 16.2. The van der Waals surface area contributed by atoms with Crippen LogP contribution in [0.1, 0.15) is 65.6 Å². The lowest BCUT2D eigenvalue weighted by atomic mass is 9.49. The number of nitrogens with one attached hydrogen (secondary N) is 4. The van der Waals surface area contributed by atoms with Gasteiger partial charge in [0.15, 0.2) is 0 Å². The van der Waals surface area contributed by atoms with Gasteiger partial charge >= 0.3 is 0 Å². The quantitative estimate of drug-likeness (QED) is 0.443. The van der Waals surface area contributed by atoms with Crippen molar-refractivity contribution in [2.24, 2.45) is 23.2 Å². The van der Waals surface area contributed by atoms with Crippen LogP contribution in [-0.2, 0) is 16.1 Å². The maximum absolute atomic E-state index is 13.2. The van der Waals surface area contributed by atoms with Crippen molar-refractivity contribution in [3.8, 4) is 0 Å². The van der Waals surface area contributed by atoms with Crippen molar-refractivity contribution < 1.29 is 14.4 Å². The van der Waals surface area contributed by atoms with E-state index >= 15 is 0 Å². The van der Waals surface area contributed by atoms with E-state index < -0.39 is 0 Å². The normalized spacial score (nSPS) is 25.8. The second-order valence-electron chi connectivity index (χ2n) is 11.3. The summed E-state index contributed by atoms with van der Waals surface area (Å²) >= 11 is 0. The van der Waals surface area contributed by atoms with Crippen LogP contribution in [0.15, 0.2) is 42.5 Å². The van der Waals surface area contributed by atoms with Crippen LogP contribution in [0, 0.1) is 37.0 Å². The molecule has 0 radical (unpaired) electrons. The van der Waals surface area contributed by atoms with E-state index in [0.717, 1.165) is 59.4 Å². The number of anilines is 1. The van der Waals surface area contributed by atoms with Crippen LogP contribution in [0.3, 0.4) is 0 Å². The monoisotopic (exact) mass is 488 g/mol. The Balaban J connectivity index is 1.07. The van der Waals surface area contributed by atoms with E-state index in [9.17, 15) is 14.4 Å². The van der Waals surface area contributed by atoms with Gasteiger partial charge in [0, 0.05) is 23.2 Å². The van der Waals surface area contributed by atoms with E-state index in [1.807, 2.05) is 44.2 Å². The summed E-state index contributed by atoms with van der Waals surface area (Å²) in [4.78, 5) is 37.7. The van der Waals surface area contributed by atoms with E-state index in [1.54, 1.807) is 12.1 Å². The van der Waals surface area contributed by atoms with Gasteiger partial charge < -0.3 is 10.6 Å². The second-order valence-corrected chi connectivity index (χ2v) is 11.3. The van der Waals surface area contributed by atoms with Gasteiger partial charge in [-0.25, -0.2) is 0 Å². The Kier molecular flexibility index (Phi) is 6.73. The predicted octanol–water partition coefficient (Wildman–Crippen LogP) is 4.01. The van der Waals surface area contributed by atoms with Gasteiger partial charge in [0.05, 0.1) is 6.54 Å². The molecule has 7 heteroatoms. The van der Waals surface area contributed by atoms with Gasteiger partial charge in [-0.15, -0.1) is 0 Å². The number of hydrazine groups is 1. The first-order valence-electron chi connectivity index (χ1n) is 13.1. The van der Waals surface area contributed by atoms with E-state index in [0.29, 0.717) is 12.1 Å². The molecule has 190 valence electrons. The van der Waals surface area contributed by atoms with Crippen LogP contribution in [0.2, 0.25) is 0 Å². The predicted molar refractivity (Wildman–Crippen MR) is 139 cm³/mol. The Morgan fingerprint density at radius 3 is 2.11 bits per heavy atom. The average Bonchev–Trinajstić information content (AvgIpc) is 2.84. The van der Waals surface area contributed by atoms with Crippen LogP contribution < -0.4 is 21.5 Å². The molecule has 4 bridgehead atoms. The fraction of sp³-hybridized carbons (Fsp3) is 0.483. The summed E-state index contributed by atoms with van der Waals surface area (Å²) in [5.74, 6) is 1.69. The number of rotatable bonds is 7. The Labute approximate surface area is 212 Å². The highest BCUT2D eigenvalue weighted by Crippen LogP contribution is 2.60. The Hall–Kier alpha value is -3.35. The first kappa shape index (κ1) is 24.3. The van der Waals surface area contributed by atoms with E-state index in [4.69, 9.17) is 0 Å². The molecule has 0 saturated heterocycles. The van der Waals surface area contributed by atoms with Gasteiger partial charge in [0.25, 0.3) is 11.8 Å². The summed E-state index contributed by atoms with van der Waals surface area (Å²) < 4.78 is 0. The molecule has 4 aliphatic carbocycles. The number of aryl methyl sites for hydroxylation is 2. The molecule has 7 nitrogen and oxygen atoms in total. The van der Waals surface area contributed by atoms with Crippen molar-refractivity contribution in [1.82, 2.24) is 16.2 Å². The van der Waals surface area contributed by atoms with Gasteiger partial charge in [-0.3, -0.25) is 25.2 Å². The summed E-state index contributed by atoms with van der Waals surface area (Å²) in [6.45, 7) is 4.51. The zero-order valence-electron chi connectivity index (χ0n) is 21.2. The molecule has 0 spiro atoms. The molecule has 0 atom stereocenters. The molecule has 0 heterocycles. The van der Waals surface area contributed by atoms with Crippen LogP contribution in [0.4, 0.5) is 5.69 Å². The molecular weight excluding hydrogens is 452 g/mol. The topological polar surface area (TPSA) is 99.3 Å². The smallest absolute Gasteiger partial charge is 0.269 e. The first-order valence-corrected chi connectivity index (χ1v) is 13.1. The lowest BCUT2D eigenvalue weighted by molar-refractivity contribution is -0.146. The number of benzene rings is 2. The third-order valence-corrected chi connectivity index (χ3v) is 8.33. The molecule has 4 fully saturated rings. The molecule has 0 aliphatic heterocycles. The van der Waals surface area contributed by atoms with Crippen molar-refractivity contribution in [1.29, 1.82) is 0 Å². The third kappa shape index (κ3) is 5.25. The first-order chi connectivity index (χ1) is 17.3.